The van der Waals surface area contributed by atoms with E-state index in [1.54, 1.807) is 24.3 Å². The number of hydrogen-bond donors (Lipinski definition) is 1. The second kappa shape index (κ2) is 4.21. The Morgan fingerprint density at radius 3 is 2.87 bits per heavy atom. The van der Waals surface area contributed by atoms with E-state index in [0.29, 0.717) is 11.3 Å². The highest BCUT2D eigenvalue weighted by Gasteiger charge is 2.08. The smallest absolute Gasteiger partial charge is 0.240 e. The highest BCUT2D eigenvalue weighted by Crippen LogP contribution is 2.04. The van der Waals surface area contributed by atoms with E-state index in [4.69, 9.17) is 5.26 Å². The van der Waals surface area contributed by atoms with Gasteiger partial charge in [-0.2, -0.15) is 5.26 Å². The van der Waals surface area contributed by atoms with E-state index in [9.17, 15) is 5.11 Å². The lowest BCUT2D eigenvalue weighted by molar-refractivity contribution is -0.670. The molecule has 2 rings (SSSR count). The maximum atomic E-state index is 10.7. The Bertz CT molecular complexity index is 501. The van der Waals surface area contributed by atoms with E-state index in [0.717, 1.165) is 0 Å². The van der Waals surface area contributed by atoms with Gasteiger partial charge in [0.15, 0.2) is 0 Å². The fraction of sp³-hybridized carbons (Fsp3) is 0. The van der Waals surface area contributed by atoms with E-state index >= 15 is 0 Å². The predicted molar refractivity (Wildman–Crippen MR) is 47.2 cm³/mol. The van der Waals surface area contributed by atoms with Gasteiger partial charge >= 0.3 is 0 Å². The van der Waals surface area contributed by atoms with Crippen LogP contribution in [0.25, 0.3) is 5.69 Å². The SMILES string of the molecule is N.N#Cc1cccc(-[n+]2cc([O-])on2)c1. The van der Waals surface area contributed by atoms with E-state index in [1.165, 1.54) is 10.9 Å². The first-order chi connectivity index (χ1) is 6.79. The highest BCUT2D eigenvalue weighted by atomic mass is 16.6. The van der Waals surface area contributed by atoms with Crippen molar-refractivity contribution in [3.8, 4) is 17.7 Å². The van der Waals surface area contributed by atoms with Crippen molar-refractivity contribution in [1.82, 2.24) is 11.4 Å². The Labute approximate surface area is 85.5 Å². The molecule has 0 unspecified atom stereocenters. The van der Waals surface area contributed by atoms with Crippen molar-refractivity contribution < 1.29 is 14.3 Å². The van der Waals surface area contributed by atoms with E-state index in [-0.39, 0.29) is 6.15 Å². The Morgan fingerprint density at radius 1 is 1.47 bits per heavy atom. The normalized spacial score (nSPS) is 9.00. The average molecular weight is 204 g/mol. The van der Waals surface area contributed by atoms with Gasteiger partial charge in [-0.3, -0.25) is 0 Å². The number of rotatable bonds is 1. The second-order valence-corrected chi connectivity index (χ2v) is 2.63. The maximum Gasteiger partial charge on any atom is 0.240 e. The largest absolute Gasteiger partial charge is 0.539 e. The Balaban J connectivity index is 0.00000112. The third-order valence-corrected chi connectivity index (χ3v) is 1.69. The van der Waals surface area contributed by atoms with Crippen LogP contribution in [0.1, 0.15) is 5.56 Å². The van der Waals surface area contributed by atoms with Crippen molar-refractivity contribution in [2.24, 2.45) is 0 Å². The van der Waals surface area contributed by atoms with Crippen LogP contribution in [-0.2, 0) is 0 Å². The molecule has 1 aromatic heterocycles. The van der Waals surface area contributed by atoms with Crippen molar-refractivity contribution >= 4 is 0 Å². The summed E-state index contributed by atoms with van der Waals surface area (Å²) in [5, 5.41) is 22.8. The van der Waals surface area contributed by atoms with E-state index in [1.807, 2.05) is 6.07 Å². The van der Waals surface area contributed by atoms with Crippen molar-refractivity contribution in [3.05, 3.63) is 36.0 Å². The highest BCUT2D eigenvalue weighted by molar-refractivity contribution is 5.36. The lowest BCUT2D eigenvalue weighted by Crippen LogP contribution is -2.31. The summed E-state index contributed by atoms with van der Waals surface area (Å²) in [5.41, 5.74) is 1.13. The molecular weight excluding hydrogens is 196 g/mol. The van der Waals surface area contributed by atoms with Gasteiger partial charge in [0.25, 0.3) is 0 Å². The molecular formula is C9H8N4O2. The molecule has 0 saturated heterocycles. The quantitative estimate of drug-likeness (QED) is 0.660. The summed E-state index contributed by atoms with van der Waals surface area (Å²) in [5.74, 6) is -0.521. The van der Waals surface area contributed by atoms with Gasteiger partial charge in [0, 0.05) is 12.1 Å². The molecule has 0 fully saturated rings. The van der Waals surface area contributed by atoms with E-state index in [2.05, 4.69) is 9.79 Å². The lowest BCUT2D eigenvalue weighted by Gasteiger charge is -1.88. The fourth-order valence-electron chi connectivity index (χ4n) is 1.07. The minimum atomic E-state index is -0.521. The first-order valence-corrected chi connectivity index (χ1v) is 3.86. The third-order valence-electron chi connectivity index (χ3n) is 1.69. The van der Waals surface area contributed by atoms with Crippen LogP contribution in [0.5, 0.6) is 5.95 Å². The molecule has 0 aliphatic heterocycles. The Morgan fingerprint density at radius 2 is 2.27 bits per heavy atom. The Kier molecular flexibility index (Phi) is 3.00. The zero-order valence-corrected chi connectivity index (χ0v) is 7.75. The van der Waals surface area contributed by atoms with Gasteiger partial charge < -0.3 is 15.8 Å². The zero-order valence-electron chi connectivity index (χ0n) is 7.75. The van der Waals surface area contributed by atoms with Gasteiger partial charge in [0.05, 0.1) is 16.9 Å². The molecule has 0 bridgehead atoms. The molecule has 1 heterocycles. The molecule has 0 amide bonds. The summed E-state index contributed by atoms with van der Waals surface area (Å²) in [4.78, 5) is 0. The van der Waals surface area contributed by atoms with Crippen LogP contribution in [-0.4, -0.2) is 5.27 Å². The summed E-state index contributed by atoms with van der Waals surface area (Å²) in [6.07, 6.45) is 1.20. The number of aromatic nitrogens is 2. The molecule has 6 heteroatoms. The number of nitrogens with zero attached hydrogens (tertiary/aromatic N) is 3. The third kappa shape index (κ3) is 2.10. The zero-order chi connectivity index (χ0) is 9.97. The molecule has 3 N–H and O–H groups in total. The minimum Gasteiger partial charge on any atom is -0.539 e. The van der Waals surface area contributed by atoms with Crippen molar-refractivity contribution in [2.45, 2.75) is 0 Å². The summed E-state index contributed by atoms with van der Waals surface area (Å²) in [6.45, 7) is 0. The summed E-state index contributed by atoms with van der Waals surface area (Å²) in [7, 11) is 0. The topological polar surface area (TPSA) is 112 Å². The molecule has 0 aliphatic rings. The van der Waals surface area contributed by atoms with Crippen molar-refractivity contribution in [2.75, 3.05) is 0 Å². The molecule has 0 atom stereocenters. The van der Waals surface area contributed by atoms with Crippen LogP contribution in [0, 0.1) is 11.3 Å². The maximum absolute atomic E-state index is 10.7. The van der Waals surface area contributed by atoms with Crippen LogP contribution in [0.2, 0.25) is 0 Å². The van der Waals surface area contributed by atoms with E-state index < -0.39 is 5.95 Å². The molecule has 1 aromatic carbocycles. The molecule has 0 spiro atoms. The number of hydrogen-bond acceptors (Lipinski definition) is 5. The number of nitriles is 1. The molecule has 0 saturated carbocycles. The molecule has 0 radical (unpaired) electrons. The van der Waals surface area contributed by atoms with Crippen LogP contribution in [0.15, 0.2) is 35.0 Å². The summed E-state index contributed by atoms with van der Waals surface area (Å²) < 4.78 is 5.65. The van der Waals surface area contributed by atoms with Gasteiger partial charge in [0.1, 0.15) is 5.95 Å². The van der Waals surface area contributed by atoms with Crippen LogP contribution in [0.4, 0.5) is 0 Å². The number of benzene rings is 1. The van der Waals surface area contributed by atoms with Crippen LogP contribution < -0.4 is 15.9 Å². The van der Waals surface area contributed by atoms with Crippen LogP contribution in [0.3, 0.4) is 0 Å². The van der Waals surface area contributed by atoms with Crippen molar-refractivity contribution in [3.63, 3.8) is 0 Å². The molecule has 76 valence electrons. The van der Waals surface area contributed by atoms with Gasteiger partial charge in [-0.05, 0) is 10.7 Å². The molecule has 2 aromatic rings. The lowest BCUT2D eigenvalue weighted by atomic mass is 10.2. The molecule has 0 aliphatic carbocycles. The van der Waals surface area contributed by atoms with Crippen molar-refractivity contribution in [1.29, 1.82) is 5.26 Å². The first-order valence-electron chi connectivity index (χ1n) is 3.86. The summed E-state index contributed by atoms with van der Waals surface area (Å²) in [6, 6.07) is 8.71. The molecule has 15 heavy (non-hydrogen) atoms. The monoisotopic (exact) mass is 204 g/mol. The first kappa shape index (κ1) is 10.7. The standard InChI is InChI=1S/C9H5N3O2.H3N/c10-5-7-2-1-3-8(4-7)12-6-9(13)14-11-12;/h1-4,6H;1H3. The van der Waals surface area contributed by atoms with Crippen LogP contribution >= 0.6 is 0 Å². The minimum absolute atomic E-state index is 0. The predicted octanol–water partition coefficient (Wildman–Crippen LogP) is 0.0586. The molecule has 6 nitrogen and oxygen atoms in total. The second-order valence-electron chi connectivity index (χ2n) is 2.63. The fourth-order valence-corrected chi connectivity index (χ4v) is 1.07. The van der Waals surface area contributed by atoms with Gasteiger partial charge in [-0.25, -0.2) is 0 Å². The Hall–Kier alpha value is -2.39. The van der Waals surface area contributed by atoms with Gasteiger partial charge in [-0.15, -0.1) is 0 Å². The average Bonchev–Trinajstić information content (AvgIpc) is 2.65. The van der Waals surface area contributed by atoms with Gasteiger partial charge in [-0.1, -0.05) is 6.07 Å². The van der Waals surface area contributed by atoms with Gasteiger partial charge in [0.2, 0.25) is 11.9 Å². The summed E-state index contributed by atoms with van der Waals surface area (Å²) >= 11 is 0.